The number of urea groups is 1. The molecule has 0 radical (unpaired) electrons. The monoisotopic (exact) mass is 221 g/mol. The summed E-state index contributed by atoms with van der Waals surface area (Å²) in [5, 5.41) is 11.5. The van der Waals surface area contributed by atoms with Crippen LogP contribution in [0, 0.1) is 0 Å². The maximum absolute atomic E-state index is 10.9. The summed E-state index contributed by atoms with van der Waals surface area (Å²) in [6.45, 7) is 0.197. The van der Waals surface area contributed by atoms with Crippen molar-refractivity contribution in [2.24, 2.45) is 9.98 Å². The second kappa shape index (κ2) is 4.01. The molecule has 1 aromatic heterocycles. The van der Waals surface area contributed by atoms with Gasteiger partial charge in [-0.3, -0.25) is 4.79 Å². The van der Waals surface area contributed by atoms with Crippen LogP contribution in [-0.2, 0) is 4.79 Å². The van der Waals surface area contributed by atoms with E-state index < -0.39 is 12.0 Å². The van der Waals surface area contributed by atoms with Gasteiger partial charge in [0, 0.05) is 6.54 Å². The maximum Gasteiger partial charge on any atom is 0.369 e. The third-order valence-corrected chi connectivity index (χ3v) is 1.84. The number of aromatic nitrogens is 2. The summed E-state index contributed by atoms with van der Waals surface area (Å²) in [5.41, 5.74) is 0.206. The molecule has 16 heavy (non-hydrogen) atoms. The van der Waals surface area contributed by atoms with Crippen LogP contribution in [-0.4, -0.2) is 33.6 Å². The third-order valence-electron chi connectivity index (χ3n) is 1.84. The molecule has 82 valence electrons. The molecule has 8 heteroatoms. The summed E-state index contributed by atoms with van der Waals surface area (Å²) >= 11 is 0. The lowest BCUT2D eigenvalue weighted by atomic mass is 10.4. The molecule has 8 nitrogen and oxygen atoms in total. The van der Waals surface area contributed by atoms with Gasteiger partial charge in [-0.2, -0.15) is 9.98 Å². The molecule has 2 amide bonds. The van der Waals surface area contributed by atoms with Crippen molar-refractivity contribution in [2.75, 3.05) is 11.9 Å². The molecule has 0 aromatic carbocycles. The molecule has 2 heterocycles. The number of fused-ring (bicyclic) bond motifs is 1. The van der Waals surface area contributed by atoms with Gasteiger partial charge in [0.05, 0.1) is 6.42 Å². The second-order valence-electron chi connectivity index (χ2n) is 2.97. The molecule has 0 atom stereocenters. The Labute approximate surface area is 88.8 Å². The minimum Gasteiger partial charge on any atom is -0.481 e. The highest BCUT2D eigenvalue weighted by Crippen LogP contribution is 1.93. The molecule has 1 aliphatic heterocycles. The number of hydrogen-bond donors (Lipinski definition) is 2. The number of nitrogens with zero attached hydrogens (tertiary/aromatic N) is 4. The number of carboxylic acid groups (broad SMARTS) is 1. The van der Waals surface area contributed by atoms with Crippen molar-refractivity contribution < 1.29 is 14.7 Å². The zero-order chi connectivity index (χ0) is 11.5. The normalized spacial score (nSPS) is 12.6. The lowest BCUT2D eigenvalue weighted by Gasteiger charge is -2.01. The van der Waals surface area contributed by atoms with Gasteiger partial charge in [-0.25, -0.2) is 14.8 Å². The molecule has 1 aromatic rings. The Balaban J connectivity index is 2.22. The zero-order valence-corrected chi connectivity index (χ0v) is 8.04. The number of carboxylic acids is 1. The number of nitrogens with one attached hydrogen (secondary N) is 1. The molecule has 0 aliphatic carbocycles. The van der Waals surface area contributed by atoms with Crippen molar-refractivity contribution in [1.82, 2.24) is 9.97 Å². The number of rotatable bonds is 4. The average Bonchev–Trinajstić information content (AvgIpc) is 2.58. The highest BCUT2D eigenvalue weighted by molar-refractivity contribution is 5.77. The van der Waals surface area contributed by atoms with E-state index in [4.69, 9.17) is 5.11 Å². The van der Waals surface area contributed by atoms with Crippen LogP contribution in [0.4, 0.5) is 10.6 Å². The number of carbonyl (C=O) groups excluding carboxylic acids is 1. The van der Waals surface area contributed by atoms with Crippen molar-refractivity contribution in [1.29, 1.82) is 0 Å². The summed E-state index contributed by atoms with van der Waals surface area (Å²) in [6.07, 6.45) is 1.18. The highest BCUT2D eigenvalue weighted by Gasteiger charge is 2.10. The van der Waals surface area contributed by atoms with E-state index in [0.717, 1.165) is 0 Å². The summed E-state index contributed by atoms with van der Waals surface area (Å²) in [6, 6.07) is -0.628. The number of amides is 2. The van der Waals surface area contributed by atoms with Crippen LogP contribution in [0.5, 0.6) is 0 Å². The van der Waals surface area contributed by atoms with Crippen LogP contribution in [0.25, 0.3) is 0 Å². The van der Waals surface area contributed by atoms with E-state index in [1.165, 1.54) is 6.33 Å². The summed E-state index contributed by atoms with van der Waals surface area (Å²) in [5.74, 6) is -0.600. The van der Waals surface area contributed by atoms with Crippen LogP contribution in [0.15, 0.2) is 16.3 Å². The van der Waals surface area contributed by atoms with Crippen LogP contribution < -0.4 is 16.2 Å². The van der Waals surface area contributed by atoms with Crippen LogP contribution in [0.3, 0.4) is 0 Å². The van der Waals surface area contributed by atoms with Gasteiger partial charge in [0.25, 0.3) is 0 Å². The molecule has 0 saturated heterocycles. The molecule has 0 unspecified atom stereocenters. The van der Waals surface area contributed by atoms with E-state index in [1.54, 1.807) is 0 Å². The fraction of sp³-hybridized carbons (Fsp3) is 0.250. The van der Waals surface area contributed by atoms with Gasteiger partial charge in [0.2, 0.25) is 0 Å². The minimum absolute atomic E-state index is 0.0517. The summed E-state index contributed by atoms with van der Waals surface area (Å²) in [4.78, 5) is 36.0. The predicted octanol–water partition coefficient (Wildman–Crippen LogP) is -1.26. The van der Waals surface area contributed by atoms with Gasteiger partial charge in [0.15, 0.2) is 16.7 Å². The van der Waals surface area contributed by atoms with E-state index in [0.29, 0.717) is 5.82 Å². The first-order valence-corrected chi connectivity index (χ1v) is 4.45. The van der Waals surface area contributed by atoms with Gasteiger partial charge >= 0.3 is 12.0 Å². The number of aliphatic carboxylic acids is 1. The maximum atomic E-state index is 10.9. The van der Waals surface area contributed by atoms with Gasteiger partial charge < -0.3 is 10.4 Å². The van der Waals surface area contributed by atoms with Crippen molar-refractivity contribution >= 4 is 17.8 Å². The summed E-state index contributed by atoms with van der Waals surface area (Å²) in [7, 11) is 0. The Hall–Kier alpha value is -2.38. The Kier molecular flexibility index (Phi) is 2.54. The fourth-order valence-corrected chi connectivity index (χ4v) is 1.18. The summed E-state index contributed by atoms with van der Waals surface area (Å²) < 4.78 is 0. The van der Waals surface area contributed by atoms with Crippen molar-refractivity contribution in [3.05, 3.63) is 17.2 Å². The highest BCUT2D eigenvalue weighted by atomic mass is 16.4. The van der Waals surface area contributed by atoms with Gasteiger partial charge in [0.1, 0.15) is 6.33 Å². The van der Waals surface area contributed by atoms with Crippen molar-refractivity contribution in [2.45, 2.75) is 6.42 Å². The molecule has 2 N–H and O–H groups in total. The lowest BCUT2D eigenvalue weighted by Crippen LogP contribution is -2.30. The van der Waals surface area contributed by atoms with E-state index >= 15 is 0 Å². The second-order valence-corrected chi connectivity index (χ2v) is 2.97. The number of hydrogen-bond acceptors (Lipinski definition) is 5. The van der Waals surface area contributed by atoms with Crippen molar-refractivity contribution in [3.8, 4) is 0 Å². The van der Waals surface area contributed by atoms with Crippen LogP contribution >= 0.6 is 0 Å². The first kappa shape index (κ1) is 10.1. The first-order valence-electron chi connectivity index (χ1n) is 4.45. The smallest absolute Gasteiger partial charge is 0.369 e. The fourth-order valence-electron chi connectivity index (χ4n) is 1.18. The topological polar surface area (TPSA) is 117 Å². The number of carbonyl (C=O) groups is 2. The standard InChI is InChI=1S/C8H7N5O3/c14-4(15)1-2-9-6-5-7(11-3-10-6)13-8(16)12-5/h3H,1-2H2,(H,14,15)(H,9,10,11,13,16). The Morgan fingerprint density at radius 3 is 2.94 bits per heavy atom. The third kappa shape index (κ3) is 2.00. The largest absolute Gasteiger partial charge is 0.481 e. The average molecular weight is 221 g/mol. The lowest BCUT2D eigenvalue weighted by molar-refractivity contribution is -0.136. The van der Waals surface area contributed by atoms with Crippen LogP contribution in [0.2, 0.25) is 0 Å². The molecule has 0 fully saturated rings. The molecular weight excluding hydrogens is 214 g/mol. The van der Waals surface area contributed by atoms with E-state index in [1.807, 2.05) is 0 Å². The van der Waals surface area contributed by atoms with Crippen molar-refractivity contribution in [3.63, 3.8) is 0 Å². The van der Waals surface area contributed by atoms with Gasteiger partial charge in [-0.15, -0.1) is 0 Å². The van der Waals surface area contributed by atoms with E-state index in [2.05, 4.69) is 25.3 Å². The van der Waals surface area contributed by atoms with Gasteiger partial charge in [-0.1, -0.05) is 0 Å². The predicted molar refractivity (Wildman–Crippen MR) is 50.5 cm³/mol. The van der Waals surface area contributed by atoms with E-state index in [9.17, 15) is 9.59 Å². The molecule has 2 rings (SSSR count). The minimum atomic E-state index is -0.920. The number of anilines is 1. The molecule has 1 aliphatic rings. The molecule has 0 bridgehead atoms. The van der Waals surface area contributed by atoms with Gasteiger partial charge in [-0.05, 0) is 0 Å². The SMILES string of the molecule is O=C(O)CCNc1ncnc2c1=NC(=O)N=2. The Morgan fingerprint density at radius 1 is 1.38 bits per heavy atom. The molecule has 0 saturated carbocycles. The Bertz CT molecular complexity index is 568. The van der Waals surface area contributed by atoms with Crippen LogP contribution in [0.1, 0.15) is 6.42 Å². The quantitative estimate of drug-likeness (QED) is 0.655. The zero-order valence-electron chi connectivity index (χ0n) is 8.04. The molecular formula is C8H7N5O3. The first-order chi connectivity index (χ1) is 7.66. The van der Waals surface area contributed by atoms with E-state index in [-0.39, 0.29) is 23.8 Å². The Morgan fingerprint density at radius 2 is 2.19 bits per heavy atom. The molecule has 0 spiro atoms.